The van der Waals surface area contributed by atoms with Gasteiger partial charge in [-0.2, -0.15) is 0 Å². The lowest BCUT2D eigenvalue weighted by molar-refractivity contribution is 0.0597. The summed E-state index contributed by atoms with van der Waals surface area (Å²) in [6, 6.07) is 4.58. The number of H-pyrrole nitrogens is 1. The average molecular weight is 233 g/mol. The van der Waals surface area contributed by atoms with Crippen LogP contribution in [0.4, 0.5) is 0 Å². The molecule has 0 aliphatic heterocycles. The maximum absolute atomic E-state index is 11.8. The van der Waals surface area contributed by atoms with Crippen LogP contribution in [0.2, 0.25) is 0 Å². The predicted octanol–water partition coefficient (Wildman–Crippen LogP) is 1.32. The first-order valence-corrected chi connectivity index (χ1v) is 4.95. The first-order valence-electron chi connectivity index (χ1n) is 4.95. The summed E-state index contributed by atoms with van der Waals surface area (Å²) in [5, 5.41) is 0.345. The Hall–Kier alpha value is -2.30. The van der Waals surface area contributed by atoms with Crippen molar-refractivity contribution in [2.75, 3.05) is 14.2 Å². The van der Waals surface area contributed by atoms with E-state index in [9.17, 15) is 9.59 Å². The van der Waals surface area contributed by atoms with Crippen molar-refractivity contribution in [1.29, 1.82) is 0 Å². The molecule has 17 heavy (non-hydrogen) atoms. The molecule has 5 nitrogen and oxygen atoms in total. The smallest absolute Gasteiger partial charge is 0.341 e. The van der Waals surface area contributed by atoms with Gasteiger partial charge in [-0.1, -0.05) is 0 Å². The average Bonchev–Trinajstić information content (AvgIpc) is 2.36. The van der Waals surface area contributed by atoms with Crippen LogP contribution in [-0.2, 0) is 4.74 Å². The zero-order chi connectivity index (χ0) is 12.4. The minimum atomic E-state index is -0.535. The van der Waals surface area contributed by atoms with E-state index in [1.807, 2.05) is 0 Å². The molecule has 0 aliphatic carbocycles. The Kier molecular flexibility index (Phi) is 2.82. The third-order valence-electron chi connectivity index (χ3n) is 2.49. The third-order valence-corrected chi connectivity index (χ3v) is 2.49. The molecule has 5 heteroatoms. The lowest BCUT2D eigenvalue weighted by Crippen LogP contribution is -2.09. The van der Waals surface area contributed by atoms with Gasteiger partial charge in [-0.25, -0.2) is 4.79 Å². The summed E-state index contributed by atoms with van der Waals surface area (Å²) in [6.07, 6.45) is 1.54. The van der Waals surface area contributed by atoms with Crippen LogP contribution in [-0.4, -0.2) is 25.2 Å². The highest BCUT2D eigenvalue weighted by atomic mass is 16.5. The summed E-state index contributed by atoms with van der Waals surface area (Å²) in [5.74, 6) is -0.303. The lowest BCUT2D eigenvalue weighted by atomic mass is 10.1. The maximum atomic E-state index is 11.8. The van der Waals surface area contributed by atoms with E-state index in [4.69, 9.17) is 4.74 Å². The molecule has 0 fully saturated rings. The molecular weight excluding hydrogens is 222 g/mol. The quantitative estimate of drug-likeness (QED) is 0.794. The first-order chi connectivity index (χ1) is 8.19. The van der Waals surface area contributed by atoms with Crippen molar-refractivity contribution in [2.45, 2.75) is 0 Å². The van der Waals surface area contributed by atoms with Gasteiger partial charge >= 0.3 is 5.97 Å². The largest absolute Gasteiger partial charge is 0.495 e. The van der Waals surface area contributed by atoms with Gasteiger partial charge in [0, 0.05) is 12.3 Å². The monoisotopic (exact) mass is 233 g/mol. The van der Waals surface area contributed by atoms with Crippen LogP contribution in [0.25, 0.3) is 10.9 Å². The summed E-state index contributed by atoms with van der Waals surface area (Å²) < 4.78 is 9.78. The molecule has 0 atom stereocenters. The lowest BCUT2D eigenvalue weighted by Gasteiger charge is -2.09. The fourth-order valence-corrected chi connectivity index (χ4v) is 1.72. The van der Waals surface area contributed by atoms with Crippen LogP contribution in [0.5, 0.6) is 5.75 Å². The van der Waals surface area contributed by atoms with E-state index in [2.05, 4.69) is 9.72 Å². The number of ether oxygens (including phenoxy) is 2. The van der Waals surface area contributed by atoms with E-state index >= 15 is 0 Å². The Morgan fingerprint density at radius 2 is 2.00 bits per heavy atom. The number of methoxy groups -OCH3 is 2. The van der Waals surface area contributed by atoms with Crippen LogP contribution < -0.4 is 10.2 Å². The van der Waals surface area contributed by atoms with E-state index in [-0.39, 0.29) is 16.7 Å². The fraction of sp³-hybridized carbons (Fsp3) is 0.167. The number of aromatic nitrogens is 1. The minimum absolute atomic E-state index is 0.207. The van der Waals surface area contributed by atoms with Gasteiger partial charge < -0.3 is 14.5 Å². The van der Waals surface area contributed by atoms with Crippen LogP contribution in [0, 0.1) is 0 Å². The Labute approximate surface area is 97.0 Å². The zero-order valence-electron chi connectivity index (χ0n) is 9.44. The fourth-order valence-electron chi connectivity index (χ4n) is 1.72. The number of hydrogen-bond acceptors (Lipinski definition) is 4. The van der Waals surface area contributed by atoms with Crippen molar-refractivity contribution >= 4 is 16.9 Å². The number of hydrogen-bond donors (Lipinski definition) is 1. The molecule has 2 rings (SSSR count). The van der Waals surface area contributed by atoms with Crippen molar-refractivity contribution in [2.24, 2.45) is 0 Å². The molecule has 0 bridgehead atoms. The summed E-state index contributed by atoms with van der Waals surface area (Å²) in [6.45, 7) is 0. The number of nitrogens with one attached hydrogen (secondary N) is 1. The van der Waals surface area contributed by atoms with Gasteiger partial charge in [0.15, 0.2) is 5.43 Å². The second-order valence-corrected chi connectivity index (χ2v) is 3.40. The molecule has 88 valence electrons. The second kappa shape index (κ2) is 4.29. The topological polar surface area (TPSA) is 68.4 Å². The molecule has 1 aromatic carbocycles. The highest BCUT2D eigenvalue weighted by Gasteiger charge is 2.17. The van der Waals surface area contributed by atoms with Crippen molar-refractivity contribution in [3.63, 3.8) is 0 Å². The van der Waals surface area contributed by atoms with Crippen molar-refractivity contribution in [1.82, 2.24) is 4.98 Å². The SMILES string of the molecule is COC(=O)c1ccc2[nH]ccc(=O)c2c1OC. The normalized spacial score (nSPS) is 10.2. The standard InChI is InChI=1S/C12H11NO4/c1-16-11-7(12(15)17-2)3-4-8-10(11)9(14)5-6-13-8/h3-6H,1-2H3,(H,13,14). The van der Waals surface area contributed by atoms with Crippen molar-refractivity contribution < 1.29 is 14.3 Å². The van der Waals surface area contributed by atoms with E-state index in [1.165, 1.54) is 20.3 Å². The van der Waals surface area contributed by atoms with Gasteiger partial charge in [0.1, 0.15) is 11.3 Å². The summed E-state index contributed by atoms with van der Waals surface area (Å²) in [5.41, 5.74) is 0.641. The Morgan fingerprint density at radius 1 is 1.24 bits per heavy atom. The molecule has 0 spiro atoms. The van der Waals surface area contributed by atoms with E-state index in [0.29, 0.717) is 10.9 Å². The maximum Gasteiger partial charge on any atom is 0.341 e. The number of benzene rings is 1. The molecule has 1 heterocycles. The third kappa shape index (κ3) is 1.75. The molecule has 0 amide bonds. The van der Waals surface area contributed by atoms with Gasteiger partial charge in [0.05, 0.1) is 25.1 Å². The molecule has 0 aliphatic rings. The highest BCUT2D eigenvalue weighted by molar-refractivity contribution is 6.00. The van der Waals surface area contributed by atoms with E-state index in [1.54, 1.807) is 18.3 Å². The van der Waals surface area contributed by atoms with Gasteiger partial charge in [-0.3, -0.25) is 4.79 Å². The van der Waals surface area contributed by atoms with Gasteiger partial charge in [0.25, 0.3) is 0 Å². The number of aromatic amines is 1. The van der Waals surface area contributed by atoms with Gasteiger partial charge in [-0.15, -0.1) is 0 Å². The van der Waals surface area contributed by atoms with Crippen LogP contribution in [0.3, 0.4) is 0 Å². The van der Waals surface area contributed by atoms with Crippen molar-refractivity contribution in [3.05, 3.63) is 40.2 Å². The Morgan fingerprint density at radius 3 is 2.65 bits per heavy atom. The summed E-state index contributed by atoms with van der Waals surface area (Å²) in [7, 11) is 2.69. The van der Waals surface area contributed by atoms with E-state index in [0.717, 1.165) is 0 Å². The van der Waals surface area contributed by atoms with Gasteiger partial charge in [0.2, 0.25) is 0 Å². The van der Waals surface area contributed by atoms with Gasteiger partial charge in [-0.05, 0) is 12.1 Å². The number of rotatable bonds is 2. The number of carbonyl (C=O) groups is 1. The number of pyridine rings is 1. The van der Waals surface area contributed by atoms with Crippen LogP contribution in [0.1, 0.15) is 10.4 Å². The Bertz CT molecular complexity index is 630. The molecule has 0 radical (unpaired) electrons. The molecule has 0 saturated heterocycles. The number of fused-ring (bicyclic) bond motifs is 1. The van der Waals surface area contributed by atoms with Crippen molar-refractivity contribution in [3.8, 4) is 5.75 Å². The summed E-state index contributed by atoms with van der Waals surface area (Å²) in [4.78, 5) is 26.2. The number of esters is 1. The zero-order valence-corrected chi connectivity index (χ0v) is 9.44. The molecule has 0 saturated carbocycles. The summed E-state index contributed by atoms with van der Waals surface area (Å²) >= 11 is 0. The number of carbonyl (C=O) groups excluding carboxylic acids is 1. The van der Waals surface area contributed by atoms with E-state index < -0.39 is 5.97 Å². The first kappa shape index (κ1) is 11.2. The minimum Gasteiger partial charge on any atom is -0.495 e. The predicted molar refractivity (Wildman–Crippen MR) is 62.5 cm³/mol. The van der Waals surface area contributed by atoms with Crippen LogP contribution >= 0.6 is 0 Å². The molecule has 1 aromatic heterocycles. The second-order valence-electron chi connectivity index (χ2n) is 3.40. The molecular formula is C12H11NO4. The molecule has 0 unspecified atom stereocenters. The molecule has 2 aromatic rings. The Balaban J connectivity index is 2.86. The molecule has 1 N–H and O–H groups in total. The highest BCUT2D eigenvalue weighted by Crippen LogP contribution is 2.26. The van der Waals surface area contributed by atoms with Crippen LogP contribution in [0.15, 0.2) is 29.2 Å².